The Labute approximate surface area is 110 Å². The van der Waals surface area contributed by atoms with E-state index in [0.717, 1.165) is 17.2 Å². The van der Waals surface area contributed by atoms with Crippen molar-refractivity contribution < 1.29 is 0 Å². The number of halogens is 1. The zero-order valence-corrected chi connectivity index (χ0v) is 11.2. The normalized spacial score (nSPS) is 17.9. The average molecular weight is 264 g/mol. The van der Waals surface area contributed by atoms with E-state index in [1.54, 1.807) is 11.3 Å². The summed E-state index contributed by atoms with van der Waals surface area (Å²) < 4.78 is 0.868. The molecule has 1 aromatic carbocycles. The number of thiophene rings is 1. The SMILES string of the molecule is CCc1ccc2c(c1)CC(c1ccc(Cl)s1)N2. The third-order valence-electron chi connectivity index (χ3n) is 3.27. The van der Waals surface area contributed by atoms with Gasteiger partial charge in [-0.05, 0) is 42.2 Å². The smallest absolute Gasteiger partial charge is 0.0932 e. The zero-order chi connectivity index (χ0) is 11.8. The first-order valence-corrected chi connectivity index (χ1v) is 7.09. The molecule has 88 valence electrons. The van der Waals surface area contributed by atoms with Gasteiger partial charge in [0, 0.05) is 10.6 Å². The van der Waals surface area contributed by atoms with Crippen LogP contribution in [0, 0.1) is 0 Å². The number of hydrogen-bond donors (Lipinski definition) is 1. The number of fused-ring (bicyclic) bond motifs is 1. The van der Waals surface area contributed by atoms with E-state index in [0.29, 0.717) is 6.04 Å². The first-order chi connectivity index (χ1) is 8.26. The maximum Gasteiger partial charge on any atom is 0.0932 e. The van der Waals surface area contributed by atoms with Crippen LogP contribution in [-0.4, -0.2) is 0 Å². The fourth-order valence-electron chi connectivity index (χ4n) is 2.32. The highest BCUT2D eigenvalue weighted by Gasteiger charge is 2.23. The molecule has 1 aromatic heterocycles. The molecule has 17 heavy (non-hydrogen) atoms. The minimum Gasteiger partial charge on any atom is -0.377 e. The van der Waals surface area contributed by atoms with Crippen LogP contribution in [0.15, 0.2) is 30.3 Å². The van der Waals surface area contributed by atoms with Gasteiger partial charge >= 0.3 is 0 Å². The van der Waals surface area contributed by atoms with Gasteiger partial charge in [0.25, 0.3) is 0 Å². The summed E-state index contributed by atoms with van der Waals surface area (Å²) in [6.07, 6.45) is 2.17. The van der Waals surface area contributed by atoms with Crippen LogP contribution in [0.4, 0.5) is 5.69 Å². The Bertz CT molecular complexity index is 547. The van der Waals surface area contributed by atoms with Crippen molar-refractivity contribution in [3.05, 3.63) is 50.7 Å². The van der Waals surface area contributed by atoms with Crippen LogP contribution in [0.3, 0.4) is 0 Å². The average Bonchev–Trinajstić information content (AvgIpc) is 2.93. The van der Waals surface area contributed by atoms with E-state index in [2.05, 4.69) is 36.5 Å². The maximum absolute atomic E-state index is 5.99. The number of hydrogen-bond acceptors (Lipinski definition) is 2. The molecule has 1 aliphatic heterocycles. The van der Waals surface area contributed by atoms with Gasteiger partial charge < -0.3 is 5.32 Å². The lowest BCUT2D eigenvalue weighted by molar-refractivity contribution is 0.842. The highest BCUT2D eigenvalue weighted by Crippen LogP contribution is 2.38. The molecule has 3 rings (SSSR count). The summed E-state index contributed by atoms with van der Waals surface area (Å²) in [6, 6.07) is 11.2. The summed E-state index contributed by atoms with van der Waals surface area (Å²) in [7, 11) is 0. The van der Waals surface area contributed by atoms with E-state index >= 15 is 0 Å². The molecule has 2 heterocycles. The molecule has 1 N–H and O–H groups in total. The minimum atomic E-state index is 0.398. The Morgan fingerprint density at radius 1 is 1.35 bits per heavy atom. The van der Waals surface area contributed by atoms with Crippen LogP contribution in [0.5, 0.6) is 0 Å². The Hall–Kier alpha value is -0.990. The standard InChI is InChI=1S/C14H14ClNS/c1-2-9-3-4-11-10(7-9)8-12(16-11)13-5-6-14(15)17-13/h3-7,12,16H,2,8H2,1H3. The second-order valence-electron chi connectivity index (χ2n) is 4.39. The van der Waals surface area contributed by atoms with E-state index in [1.165, 1.54) is 21.7 Å². The van der Waals surface area contributed by atoms with Crippen molar-refractivity contribution in [2.24, 2.45) is 0 Å². The number of benzene rings is 1. The molecule has 1 atom stereocenters. The van der Waals surface area contributed by atoms with E-state index < -0.39 is 0 Å². The molecule has 1 unspecified atom stereocenters. The first-order valence-electron chi connectivity index (χ1n) is 5.90. The van der Waals surface area contributed by atoms with Crippen LogP contribution in [0.2, 0.25) is 4.34 Å². The van der Waals surface area contributed by atoms with Gasteiger partial charge in [0.05, 0.1) is 10.4 Å². The van der Waals surface area contributed by atoms with Gasteiger partial charge in [-0.1, -0.05) is 30.7 Å². The van der Waals surface area contributed by atoms with Crippen molar-refractivity contribution in [1.82, 2.24) is 0 Å². The Balaban J connectivity index is 1.87. The van der Waals surface area contributed by atoms with Crippen LogP contribution in [-0.2, 0) is 12.8 Å². The second-order valence-corrected chi connectivity index (χ2v) is 6.13. The number of nitrogens with one attached hydrogen (secondary N) is 1. The lowest BCUT2D eigenvalue weighted by Crippen LogP contribution is -2.02. The van der Waals surface area contributed by atoms with Crippen molar-refractivity contribution in [1.29, 1.82) is 0 Å². The summed E-state index contributed by atoms with van der Waals surface area (Å²) in [6.45, 7) is 2.20. The number of anilines is 1. The van der Waals surface area contributed by atoms with Gasteiger partial charge in [0.15, 0.2) is 0 Å². The molecule has 2 aromatic rings. The summed E-state index contributed by atoms with van der Waals surface area (Å²) in [4.78, 5) is 1.32. The lowest BCUT2D eigenvalue weighted by Gasteiger charge is -2.07. The molecule has 0 bridgehead atoms. The molecule has 0 spiro atoms. The molecule has 0 radical (unpaired) electrons. The van der Waals surface area contributed by atoms with Gasteiger partial charge in [-0.25, -0.2) is 0 Å². The van der Waals surface area contributed by atoms with Gasteiger partial charge in [-0.2, -0.15) is 0 Å². The molecule has 0 amide bonds. The highest BCUT2D eigenvalue weighted by molar-refractivity contribution is 7.16. The summed E-state index contributed by atoms with van der Waals surface area (Å²) in [5, 5.41) is 3.57. The third kappa shape index (κ3) is 2.07. The van der Waals surface area contributed by atoms with Gasteiger partial charge in [0.2, 0.25) is 0 Å². The number of aryl methyl sites for hydroxylation is 1. The topological polar surface area (TPSA) is 12.0 Å². The van der Waals surface area contributed by atoms with Crippen molar-refractivity contribution >= 4 is 28.6 Å². The Morgan fingerprint density at radius 3 is 2.94 bits per heavy atom. The molecular formula is C14H14ClNS. The van der Waals surface area contributed by atoms with Crippen molar-refractivity contribution in [2.75, 3.05) is 5.32 Å². The van der Waals surface area contributed by atoms with E-state index in [9.17, 15) is 0 Å². The van der Waals surface area contributed by atoms with Crippen LogP contribution >= 0.6 is 22.9 Å². The van der Waals surface area contributed by atoms with Gasteiger partial charge in [0.1, 0.15) is 0 Å². The van der Waals surface area contributed by atoms with E-state index in [-0.39, 0.29) is 0 Å². The number of rotatable bonds is 2. The van der Waals surface area contributed by atoms with Crippen LogP contribution in [0.1, 0.15) is 29.0 Å². The van der Waals surface area contributed by atoms with Crippen molar-refractivity contribution in [2.45, 2.75) is 25.8 Å². The Kier molecular flexibility index (Phi) is 2.85. The monoisotopic (exact) mass is 263 g/mol. The van der Waals surface area contributed by atoms with Crippen molar-refractivity contribution in [3.63, 3.8) is 0 Å². The fraction of sp³-hybridized carbons (Fsp3) is 0.286. The minimum absolute atomic E-state index is 0.398. The largest absolute Gasteiger partial charge is 0.377 e. The Morgan fingerprint density at radius 2 is 2.24 bits per heavy atom. The predicted molar refractivity (Wildman–Crippen MR) is 75.2 cm³/mol. The molecule has 0 saturated carbocycles. The summed E-state index contributed by atoms with van der Waals surface area (Å²) in [5.74, 6) is 0. The highest BCUT2D eigenvalue weighted by atomic mass is 35.5. The molecule has 0 fully saturated rings. The van der Waals surface area contributed by atoms with Crippen LogP contribution < -0.4 is 5.32 Å². The summed E-state index contributed by atoms with van der Waals surface area (Å²) >= 11 is 7.66. The molecular weight excluding hydrogens is 250 g/mol. The van der Waals surface area contributed by atoms with E-state index in [4.69, 9.17) is 11.6 Å². The van der Waals surface area contributed by atoms with Crippen molar-refractivity contribution in [3.8, 4) is 0 Å². The predicted octanol–water partition coefficient (Wildman–Crippen LogP) is 4.67. The second kappa shape index (κ2) is 4.35. The fourth-order valence-corrected chi connectivity index (χ4v) is 3.43. The summed E-state index contributed by atoms with van der Waals surface area (Å²) in [5.41, 5.74) is 4.12. The molecule has 0 aliphatic carbocycles. The van der Waals surface area contributed by atoms with E-state index in [1.807, 2.05) is 6.07 Å². The quantitative estimate of drug-likeness (QED) is 0.830. The molecule has 0 saturated heterocycles. The maximum atomic E-state index is 5.99. The van der Waals surface area contributed by atoms with Gasteiger partial charge in [-0.15, -0.1) is 11.3 Å². The lowest BCUT2D eigenvalue weighted by atomic mass is 10.0. The van der Waals surface area contributed by atoms with Crippen LogP contribution in [0.25, 0.3) is 0 Å². The first kappa shape index (κ1) is 11.1. The van der Waals surface area contributed by atoms with Gasteiger partial charge in [-0.3, -0.25) is 0 Å². The zero-order valence-electron chi connectivity index (χ0n) is 9.66. The third-order valence-corrected chi connectivity index (χ3v) is 4.61. The molecule has 3 heteroatoms. The molecule has 1 nitrogen and oxygen atoms in total. The molecule has 1 aliphatic rings.